The number of methoxy groups -OCH3 is 1. The van der Waals surface area contributed by atoms with Gasteiger partial charge in [0.15, 0.2) is 0 Å². The Hall–Kier alpha value is -2.23. The van der Waals surface area contributed by atoms with Gasteiger partial charge in [-0.05, 0) is 32.0 Å². The van der Waals surface area contributed by atoms with Gasteiger partial charge in [-0.25, -0.2) is 0 Å². The third-order valence-electron chi connectivity index (χ3n) is 2.74. The molecule has 0 bridgehead atoms. The molecule has 1 rings (SSSR count). The van der Waals surface area contributed by atoms with Crippen LogP contribution >= 0.6 is 0 Å². The lowest BCUT2D eigenvalue weighted by Gasteiger charge is -2.23. The minimum Gasteiger partial charge on any atom is -0.492 e. The first-order valence-corrected chi connectivity index (χ1v) is 5.94. The molecule has 0 aliphatic carbocycles. The number of carbonyl (C=O) groups excluding carboxylic acids is 1. The molecule has 0 aliphatic rings. The number of benzene rings is 1. The summed E-state index contributed by atoms with van der Waals surface area (Å²) < 4.78 is 48.5. The van der Waals surface area contributed by atoms with Crippen LogP contribution in [0, 0.1) is 16.7 Å². The van der Waals surface area contributed by atoms with Crippen molar-refractivity contribution in [3.63, 3.8) is 0 Å². The third kappa shape index (κ3) is 4.12. The van der Waals surface area contributed by atoms with Crippen molar-refractivity contribution in [1.29, 1.82) is 5.26 Å². The number of hydrogen-bond acceptors (Lipinski definition) is 4. The molecule has 114 valence electrons. The number of nitriles is 1. The molecule has 0 saturated heterocycles. The van der Waals surface area contributed by atoms with Gasteiger partial charge in [0.05, 0.1) is 29.7 Å². The SMILES string of the molecule is COC(=O)C(C)(C)COc1ccc(C#N)cc1C(F)(F)F. The van der Waals surface area contributed by atoms with E-state index in [1.54, 1.807) is 6.07 Å². The van der Waals surface area contributed by atoms with E-state index < -0.39 is 28.9 Å². The van der Waals surface area contributed by atoms with Gasteiger partial charge < -0.3 is 9.47 Å². The van der Waals surface area contributed by atoms with Crippen molar-refractivity contribution >= 4 is 5.97 Å². The minimum atomic E-state index is -4.66. The molecule has 1 aromatic carbocycles. The van der Waals surface area contributed by atoms with E-state index in [9.17, 15) is 18.0 Å². The van der Waals surface area contributed by atoms with Crippen molar-refractivity contribution < 1.29 is 27.4 Å². The van der Waals surface area contributed by atoms with Gasteiger partial charge in [0, 0.05) is 0 Å². The Morgan fingerprint density at radius 1 is 1.33 bits per heavy atom. The van der Waals surface area contributed by atoms with E-state index in [-0.39, 0.29) is 12.2 Å². The molecule has 7 heteroatoms. The van der Waals surface area contributed by atoms with Gasteiger partial charge in [0.2, 0.25) is 0 Å². The number of halogens is 3. The largest absolute Gasteiger partial charge is 0.492 e. The Balaban J connectivity index is 3.05. The summed E-state index contributed by atoms with van der Waals surface area (Å²) in [5, 5.41) is 8.66. The predicted molar refractivity (Wildman–Crippen MR) is 67.5 cm³/mol. The Kier molecular flexibility index (Phi) is 4.84. The lowest BCUT2D eigenvalue weighted by Crippen LogP contribution is -2.32. The maximum absolute atomic E-state index is 12.9. The second kappa shape index (κ2) is 6.04. The quantitative estimate of drug-likeness (QED) is 0.802. The lowest BCUT2D eigenvalue weighted by atomic mass is 9.95. The molecule has 21 heavy (non-hydrogen) atoms. The zero-order valence-corrected chi connectivity index (χ0v) is 11.7. The highest BCUT2D eigenvalue weighted by atomic mass is 19.4. The topological polar surface area (TPSA) is 59.3 Å². The Morgan fingerprint density at radius 2 is 1.95 bits per heavy atom. The van der Waals surface area contributed by atoms with E-state index in [0.29, 0.717) is 6.07 Å². The Labute approximate surface area is 120 Å². The van der Waals surface area contributed by atoms with Crippen molar-refractivity contribution in [2.75, 3.05) is 13.7 Å². The lowest BCUT2D eigenvalue weighted by molar-refractivity contribution is -0.152. The first-order valence-electron chi connectivity index (χ1n) is 5.94. The van der Waals surface area contributed by atoms with Crippen LogP contribution in [0.15, 0.2) is 18.2 Å². The van der Waals surface area contributed by atoms with Crippen LogP contribution in [0.2, 0.25) is 0 Å². The number of ether oxygens (including phenoxy) is 2. The average Bonchev–Trinajstić information content (AvgIpc) is 2.43. The molecule has 0 saturated carbocycles. The van der Waals surface area contributed by atoms with E-state index in [4.69, 9.17) is 10.00 Å². The Morgan fingerprint density at radius 3 is 2.43 bits per heavy atom. The van der Waals surface area contributed by atoms with Crippen LogP contribution in [0.3, 0.4) is 0 Å². The van der Waals surface area contributed by atoms with Crippen molar-refractivity contribution in [2.45, 2.75) is 20.0 Å². The van der Waals surface area contributed by atoms with Crippen molar-refractivity contribution in [3.8, 4) is 11.8 Å². The smallest absolute Gasteiger partial charge is 0.420 e. The van der Waals surface area contributed by atoms with E-state index >= 15 is 0 Å². The zero-order valence-electron chi connectivity index (χ0n) is 11.7. The summed E-state index contributed by atoms with van der Waals surface area (Å²) in [6.07, 6.45) is -4.66. The maximum atomic E-state index is 12.9. The minimum absolute atomic E-state index is 0.123. The van der Waals surface area contributed by atoms with Gasteiger partial charge in [-0.15, -0.1) is 0 Å². The van der Waals surface area contributed by atoms with Crippen LogP contribution < -0.4 is 4.74 Å². The first-order chi connectivity index (χ1) is 9.61. The van der Waals surface area contributed by atoms with Crippen LogP contribution in [0.1, 0.15) is 25.0 Å². The normalized spacial score (nSPS) is 11.7. The number of alkyl halides is 3. The molecule has 0 unspecified atom stereocenters. The van der Waals surface area contributed by atoms with E-state index in [1.165, 1.54) is 27.0 Å². The van der Waals surface area contributed by atoms with Gasteiger partial charge in [-0.3, -0.25) is 4.79 Å². The van der Waals surface area contributed by atoms with Gasteiger partial charge in [-0.2, -0.15) is 18.4 Å². The summed E-state index contributed by atoms with van der Waals surface area (Å²) in [6, 6.07) is 4.63. The van der Waals surface area contributed by atoms with E-state index in [0.717, 1.165) is 6.07 Å². The highest BCUT2D eigenvalue weighted by molar-refractivity contribution is 5.75. The van der Waals surface area contributed by atoms with Crippen molar-refractivity contribution in [2.24, 2.45) is 5.41 Å². The fourth-order valence-corrected chi connectivity index (χ4v) is 1.54. The van der Waals surface area contributed by atoms with Gasteiger partial charge in [0.25, 0.3) is 0 Å². The summed E-state index contributed by atoms with van der Waals surface area (Å²) in [5.41, 5.74) is -2.27. The second-order valence-electron chi connectivity index (χ2n) is 4.98. The fraction of sp³-hybridized carbons (Fsp3) is 0.429. The number of carbonyl (C=O) groups is 1. The standard InChI is InChI=1S/C14H14F3NO3/c1-13(2,12(19)20-3)8-21-11-5-4-9(7-18)6-10(11)14(15,16)17/h4-6H,8H2,1-3H3. The molecule has 0 amide bonds. The van der Waals surface area contributed by atoms with Crippen LogP contribution in [0.5, 0.6) is 5.75 Å². The van der Waals surface area contributed by atoms with Crippen LogP contribution in [-0.2, 0) is 15.7 Å². The van der Waals surface area contributed by atoms with E-state index in [2.05, 4.69) is 4.74 Å². The van der Waals surface area contributed by atoms with Crippen LogP contribution in [-0.4, -0.2) is 19.7 Å². The summed E-state index contributed by atoms with van der Waals surface area (Å²) in [5.74, 6) is -1.02. The first kappa shape index (κ1) is 16.8. The molecule has 0 N–H and O–H groups in total. The number of hydrogen-bond donors (Lipinski definition) is 0. The second-order valence-corrected chi connectivity index (χ2v) is 4.98. The summed E-state index contributed by atoms with van der Waals surface area (Å²) >= 11 is 0. The predicted octanol–water partition coefficient (Wildman–Crippen LogP) is 3.16. The van der Waals surface area contributed by atoms with Crippen molar-refractivity contribution in [1.82, 2.24) is 0 Å². The summed E-state index contributed by atoms with van der Waals surface area (Å²) in [7, 11) is 1.19. The highest BCUT2D eigenvalue weighted by Crippen LogP contribution is 2.37. The molecule has 1 aromatic rings. The van der Waals surface area contributed by atoms with Gasteiger partial charge >= 0.3 is 12.1 Å². The highest BCUT2D eigenvalue weighted by Gasteiger charge is 2.36. The van der Waals surface area contributed by atoms with Crippen LogP contribution in [0.4, 0.5) is 13.2 Å². The van der Waals surface area contributed by atoms with Gasteiger partial charge in [0.1, 0.15) is 12.4 Å². The summed E-state index contributed by atoms with van der Waals surface area (Å²) in [6.45, 7) is 2.71. The number of nitrogens with zero attached hydrogens (tertiary/aromatic N) is 1. The van der Waals surface area contributed by atoms with Crippen molar-refractivity contribution in [3.05, 3.63) is 29.3 Å². The molecular formula is C14H14F3NO3. The fourth-order valence-electron chi connectivity index (χ4n) is 1.54. The average molecular weight is 301 g/mol. The number of esters is 1. The van der Waals surface area contributed by atoms with Gasteiger partial charge in [-0.1, -0.05) is 0 Å². The van der Waals surface area contributed by atoms with Crippen LogP contribution in [0.25, 0.3) is 0 Å². The number of rotatable bonds is 4. The molecule has 0 heterocycles. The maximum Gasteiger partial charge on any atom is 0.420 e. The molecule has 0 fully saturated rings. The molecule has 0 spiro atoms. The Bertz CT molecular complexity index is 574. The summed E-state index contributed by atoms with van der Waals surface area (Å²) in [4.78, 5) is 11.5. The third-order valence-corrected chi connectivity index (χ3v) is 2.74. The molecule has 0 radical (unpaired) electrons. The molecular weight excluding hydrogens is 287 g/mol. The van der Waals surface area contributed by atoms with E-state index in [1.807, 2.05) is 0 Å². The molecule has 4 nitrogen and oxygen atoms in total. The molecule has 0 aromatic heterocycles. The molecule has 0 aliphatic heterocycles. The zero-order chi connectivity index (χ0) is 16.3. The monoisotopic (exact) mass is 301 g/mol. The molecule has 0 atom stereocenters.